The fourth-order valence-electron chi connectivity index (χ4n) is 1.98. The zero-order chi connectivity index (χ0) is 13.8. The van der Waals surface area contributed by atoms with E-state index in [0.29, 0.717) is 30.2 Å². The third-order valence-electron chi connectivity index (χ3n) is 3.04. The van der Waals surface area contributed by atoms with Crippen molar-refractivity contribution in [3.05, 3.63) is 18.2 Å². The predicted octanol–water partition coefficient (Wildman–Crippen LogP) is 1.41. The van der Waals surface area contributed by atoms with Gasteiger partial charge in [-0.15, -0.1) is 0 Å². The Morgan fingerprint density at radius 3 is 2.79 bits per heavy atom. The van der Waals surface area contributed by atoms with E-state index < -0.39 is 12.2 Å². The van der Waals surface area contributed by atoms with E-state index in [9.17, 15) is 4.79 Å². The molecule has 1 aliphatic heterocycles. The van der Waals surface area contributed by atoms with Crippen molar-refractivity contribution in [1.29, 1.82) is 0 Å². The Bertz CT molecular complexity index is 462. The first-order chi connectivity index (χ1) is 9.19. The van der Waals surface area contributed by atoms with Crippen LogP contribution in [0.4, 0.5) is 10.5 Å². The first kappa shape index (κ1) is 13.5. The van der Waals surface area contributed by atoms with Crippen molar-refractivity contribution >= 4 is 11.8 Å². The number of carbonyl (C=O) groups is 1. The second-order valence-corrected chi connectivity index (χ2v) is 4.17. The number of anilines is 1. The maximum Gasteiger partial charge on any atom is 0.414 e. The number of aliphatic hydroxyl groups excluding tert-OH is 1. The minimum atomic E-state index is -0.478. The van der Waals surface area contributed by atoms with Gasteiger partial charge in [0.05, 0.1) is 26.5 Å². The first-order valence-corrected chi connectivity index (χ1v) is 6.00. The average molecular weight is 267 g/mol. The quantitative estimate of drug-likeness (QED) is 0.893. The summed E-state index contributed by atoms with van der Waals surface area (Å²) in [6.07, 6.45) is -0.320. The van der Waals surface area contributed by atoms with E-state index in [-0.39, 0.29) is 6.61 Å². The summed E-state index contributed by atoms with van der Waals surface area (Å²) in [6, 6.07) is 5.21. The van der Waals surface area contributed by atoms with Crippen LogP contribution in [0.3, 0.4) is 0 Å². The molecule has 1 N–H and O–H groups in total. The van der Waals surface area contributed by atoms with Gasteiger partial charge in [0.25, 0.3) is 0 Å². The molecule has 104 valence electrons. The molecule has 1 aromatic carbocycles. The lowest BCUT2D eigenvalue weighted by molar-refractivity contribution is 0.0452. The predicted molar refractivity (Wildman–Crippen MR) is 68.9 cm³/mol. The van der Waals surface area contributed by atoms with Gasteiger partial charge in [-0.2, -0.15) is 0 Å². The van der Waals surface area contributed by atoms with Crippen molar-refractivity contribution < 1.29 is 24.1 Å². The summed E-state index contributed by atoms with van der Waals surface area (Å²) >= 11 is 0. The van der Waals surface area contributed by atoms with E-state index in [0.717, 1.165) is 0 Å². The van der Waals surface area contributed by atoms with Crippen LogP contribution in [-0.4, -0.2) is 44.7 Å². The van der Waals surface area contributed by atoms with E-state index in [2.05, 4.69) is 0 Å². The van der Waals surface area contributed by atoms with Crippen LogP contribution in [0.1, 0.15) is 6.42 Å². The van der Waals surface area contributed by atoms with Crippen molar-refractivity contribution in [1.82, 2.24) is 0 Å². The number of carbonyl (C=O) groups excluding carboxylic acids is 1. The van der Waals surface area contributed by atoms with E-state index >= 15 is 0 Å². The molecule has 0 bridgehead atoms. The number of benzene rings is 1. The fourth-order valence-corrected chi connectivity index (χ4v) is 1.98. The minimum Gasteiger partial charge on any atom is -0.497 e. The number of ether oxygens (including phenoxy) is 3. The number of amides is 1. The lowest BCUT2D eigenvalue weighted by Crippen LogP contribution is -2.43. The lowest BCUT2D eigenvalue weighted by Gasteiger charge is -2.31. The molecule has 1 fully saturated rings. The van der Waals surface area contributed by atoms with Gasteiger partial charge in [-0.1, -0.05) is 0 Å². The molecule has 1 aliphatic rings. The van der Waals surface area contributed by atoms with E-state index in [1.165, 1.54) is 12.0 Å². The molecule has 6 heteroatoms. The molecule has 1 unspecified atom stereocenters. The van der Waals surface area contributed by atoms with E-state index in [1.807, 2.05) is 0 Å². The van der Waals surface area contributed by atoms with E-state index in [4.69, 9.17) is 19.3 Å². The Hall–Kier alpha value is -1.95. The number of nitrogens with zero attached hydrogens (tertiary/aromatic N) is 1. The third-order valence-corrected chi connectivity index (χ3v) is 3.04. The molecule has 6 nitrogen and oxygen atoms in total. The Morgan fingerprint density at radius 1 is 1.42 bits per heavy atom. The molecular formula is C13H17NO5. The molecular weight excluding hydrogens is 250 g/mol. The number of cyclic esters (lactones) is 1. The van der Waals surface area contributed by atoms with Gasteiger partial charge in [0.1, 0.15) is 17.6 Å². The summed E-state index contributed by atoms with van der Waals surface area (Å²) in [6.45, 7) is 0.325. The molecule has 1 heterocycles. The molecule has 0 spiro atoms. The van der Waals surface area contributed by atoms with Crippen molar-refractivity contribution in [3.8, 4) is 11.5 Å². The highest BCUT2D eigenvalue weighted by molar-refractivity contribution is 5.90. The highest BCUT2D eigenvalue weighted by Gasteiger charge is 2.29. The molecule has 1 amide bonds. The first-order valence-electron chi connectivity index (χ1n) is 6.00. The van der Waals surface area contributed by atoms with Crippen molar-refractivity contribution in [2.75, 3.05) is 32.3 Å². The highest BCUT2D eigenvalue weighted by Crippen LogP contribution is 2.34. The molecule has 1 atom stereocenters. The molecule has 0 radical (unpaired) electrons. The van der Waals surface area contributed by atoms with Crippen LogP contribution in [0, 0.1) is 0 Å². The molecule has 19 heavy (non-hydrogen) atoms. The molecule has 0 saturated carbocycles. The number of hydrogen-bond donors (Lipinski definition) is 1. The standard InChI is InChI=1S/C13H17NO5/c1-17-9-3-4-11(12(7-9)18-2)14-6-5-10(8-15)19-13(14)16/h3-4,7,10,15H,5-6,8H2,1-2H3. The number of methoxy groups -OCH3 is 2. The van der Waals surface area contributed by atoms with Gasteiger partial charge in [0.15, 0.2) is 0 Å². The fraction of sp³-hybridized carbons (Fsp3) is 0.462. The summed E-state index contributed by atoms with van der Waals surface area (Å²) < 4.78 is 15.5. The second-order valence-electron chi connectivity index (χ2n) is 4.17. The largest absolute Gasteiger partial charge is 0.497 e. The van der Waals surface area contributed by atoms with Gasteiger partial charge >= 0.3 is 6.09 Å². The Balaban J connectivity index is 2.24. The topological polar surface area (TPSA) is 68.2 Å². The molecule has 0 aromatic heterocycles. The summed E-state index contributed by atoms with van der Waals surface area (Å²) in [5.74, 6) is 1.19. The van der Waals surface area contributed by atoms with Crippen LogP contribution in [0.15, 0.2) is 18.2 Å². The van der Waals surface area contributed by atoms with Crippen LogP contribution >= 0.6 is 0 Å². The summed E-state index contributed by atoms with van der Waals surface area (Å²) in [4.78, 5) is 13.4. The summed E-state index contributed by atoms with van der Waals surface area (Å²) in [5.41, 5.74) is 0.629. The van der Waals surface area contributed by atoms with Crippen LogP contribution in [0.5, 0.6) is 11.5 Å². The van der Waals surface area contributed by atoms with Crippen LogP contribution in [-0.2, 0) is 4.74 Å². The average Bonchev–Trinajstić information content (AvgIpc) is 2.46. The van der Waals surface area contributed by atoms with Gasteiger partial charge in [-0.3, -0.25) is 4.90 Å². The van der Waals surface area contributed by atoms with Gasteiger partial charge in [0.2, 0.25) is 0 Å². The maximum atomic E-state index is 11.9. The smallest absolute Gasteiger partial charge is 0.414 e. The Labute approximate surface area is 111 Å². The third kappa shape index (κ3) is 2.73. The van der Waals surface area contributed by atoms with Gasteiger partial charge in [-0.05, 0) is 12.1 Å². The van der Waals surface area contributed by atoms with Crippen LogP contribution < -0.4 is 14.4 Å². The molecule has 0 aliphatic carbocycles. The zero-order valence-electron chi connectivity index (χ0n) is 11.0. The number of rotatable bonds is 4. The van der Waals surface area contributed by atoms with Crippen molar-refractivity contribution in [3.63, 3.8) is 0 Å². The Morgan fingerprint density at radius 2 is 2.21 bits per heavy atom. The number of hydrogen-bond acceptors (Lipinski definition) is 5. The lowest BCUT2D eigenvalue weighted by atomic mass is 10.2. The van der Waals surface area contributed by atoms with Crippen LogP contribution in [0.2, 0.25) is 0 Å². The van der Waals surface area contributed by atoms with Crippen LogP contribution in [0.25, 0.3) is 0 Å². The van der Waals surface area contributed by atoms with Gasteiger partial charge in [0, 0.05) is 19.0 Å². The monoisotopic (exact) mass is 267 g/mol. The molecule has 2 rings (SSSR count). The Kier molecular flexibility index (Phi) is 4.11. The maximum absolute atomic E-state index is 11.9. The SMILES string of the molecule is COc1ccc(N2CCC(CO)OC2=O)c(OC)c1. The zero-order valence-corrected chi connectivity index (χ0v) is 11.0. The second kappa shape index (κ2) is 5.79. The normalized spacial score (nSPS) is 19.0. The van der Waals surface area contributed by atoms with Gasteiger partial charge in [-0.25, -0.2) is 4.79 Å². The highest BCUT2D eigenvalue weighted by atomic mass is 16.6. The van der Waals surface area contributed by atoms with Crippen molar-refractivity contribution in [2.24, 2.45) is 0 Å². The van der Waals surface area contributed by atoms with Crippen molar-refractivity contribution in [2.45, 2.75) is 12.5 Å². The minimum absolute atomic E-state index is 0.153. The molecule has 1 aromatic rings. The number of aliphatic hydroxyl groups is 1. The van der Waals surface area contributed by atoms with E-state index in [1.54, 1.807) is 25.3 Å². The summed E-state index contributed by atoms with van der Waals surface area (Å²) in [7, 11) is 3.10. The van der Waals surface area contributed by atoms with Gasteiger partial charge < -0.3 is 19.3 Å². The molecule has 1 saturated heterocycles. The summed E-state index contributed by atoms with van der Waals surface area (Å²) in [5, 5.41) is 9.00.